The van der Waals surface area contributed by atoms with Crippen molar-refractivity contribution in [3.05, 3.63) is 23.2 Å². The molecular formula is C17H31BCl2N2O2S. The van der Waals surface area contributed by atoms with Gasteiger partial charge >= 0.3 is 7.12 Å². The highest BCUT2D eigenvalue weighted by Gasteiger charge is 2.52. The minimum absolute atomic E-state index is 0.359. The van der Waals surface area contributed by atoms with Crippen molar-refractivity contribution in [1.82, 2.24) is 4.72 Å². The van der Waals surface area contributed by atoms with Crippen LogP contribution in [0, 0.1) is 0 Å². The maximum Gasteiger partial charge on any atom is 0.496 e. The van der Waals surface area contributed by atoms with Crippen LogP contribution in [0.2, 0.25) is 5.02 Å². The Kier molecular flexibility index (Phi) is 10.9. The number of rotatable bonds is 3. The number of nitrogen functional groups attached to an aromatic ring is 1. The molecule has 0 bridgehead atoms. The van der Waals surface area contributed by atoms with E-state index in [-0.39, 0.29) is 11.2 Å². The van der Waals surface area contributed by atoms with Crippen LogP contribution < -0.4 is 15.9 Å². The molecule has 1 aromatic carbocycles. The van der Waals surface area contributed by atoms with Gasteiger partial charge in [0.25, 0.3) is 0 Å². The smallest absolute Gasteiger partial charge is 0.399 e. The molecule has 0 aromatic heterocycles. The Morgan fingerprint density at radius 1 is 1.12 bits per heavy atom. The highest BCUT2D eigenvalue weighted by atomic mass is 35.7. The summed E-state index contributed by atoms with van der Waals surface area (Å²) in [6, 6.07) is 5.83. The lowest BCUT2D eigenvalue weighted by Gasteiger charge is -2.32. The molecule has 1 fully saturated rings. The first-order valence-corrected chi connectivity index (χ1v) is 10.5. The zero-order chi connectivity index (χ0) is 19.8. The molecule has 0 aliphatic carbocycles. The van der Waals surface area contributed by atoms with Crippen molar-refractivity contribution in [2.45, 2.75) is 72.6 Å². The standard InChI is InChI=1S/C12H17BClNO2.C3H8ClNS.C2H6/c1-11(2)12(3,4)17-13(16-11)9-6-5-8(15)7-10(9)14;1-3(2)5-6-4;1-2/h5-7H,15H2,1-4H3;3,5H,1-2H3;1-2H3. The molecule has 0 saturated carbocycles. The van der Waals surface area contributed by atoms with Gasteiger partial charge in [-0.05, 0) is 64.4 Å². The predicted octanol–water partition coefficient (Wildman–Crippen LogP) is 5.03. The van der Waals surface area contributed by atoms with Crippen molar-refractivity contribution in [3.8, 4) is 0 Å². The lowest BCUT2D eigenvalue weighted by atomic mass is 9.79. The molecule has 8 heteroatoms. The van der Waals surface area contributed by atoms with Gasteiger partial charge < -0.3 is 15.0 Å². The molecule has 0 radical (unpaired) electrons. The summed E-state index contributed by atoms with van der Waals surface area (Å²) < 4.78 is 14.7. The highest BCUT2D eigenvalue weighted by molar-refractivity contribution is 8.19. The van der Waals surface area contributed by atoms with Crippen LogP contribution in [0.25, 0.3) is 0 Å². The van der Waals surface area contributed by atoms with E-state index < -0.39 is 7.12 Å². The van der Waals surface area contributed by atoms with Crippen LogP contribution in [-0.4, -0.2) is 24.4 Å². The molecule has 1 heterocycles. The molecular weight excluding hydrogens is 378 g/mol. The molecule has 2 rings (SSSR count). The Balaban J connectivity index is 0.000000614. The summed E-state index contributed by atoms with van der Waals surface area (Å²) in [5.41, 5.74) is 6.40. The zero-order valence-electron chi connectivity index (χ0n) is 16.4. The van der Waals surface area contributed by atoms with Crippen LogP contribution in [0.4, 0.5) is 5.69 Å². The lowest BCUT2D eigenvalue weighted by molar-refractivity contribution is 0.00578. The summed E-state index contributed by atoms with van der Waals surface area (Å²) >= 11 is 7.29. The van der Waals surface area contributed by atoms with Crippen LogP contribution in [0.15, 0.2) is 18.2 Å². The van der Waals surface area contributed by atoms with Gasteiger partial charge in [-0.15, -0.1) is 0 Å². The summed E-state index contributed by atoms with van der Waals surface area (Å²) in [4.78, 5) is 0. The van der Waals surface area contributed by atoms with E-state index in [1.165, 1.54) is 0 Å². The van der Waals surface area contributed by atoms with Crippen molar-refractivity contribution < 1.29 is 9.31 Å². The molecule has 0 spiro atoms. The average Bonchev–Trinajstić information content (AvgIpc) is 2.69. The lowest BCUT2D eigenvalue weighted by Crippen LogP contribution is -2.41. The second-order valence-corrected chi connectivity index (χ2v) is 7.98. The topological polar surface area (TPSA) is 56.5 Å². The maximum atomic E-state index is 6.16. The molecule has 1 saturated heterocycles. The molecule has 3 N–H and O–H groups in total. The van der Waals surface area contributed by atoms with Crippen LogP contribution in [-0.2, 0) is 9.31 Å². The van der Waals surface area contributed by atoms with Gasteiger partial charge in [-0.25, -0.2) is 4.72 Å². The molecule has 144 valence electrons. The quantitative estimate of drug-likeness (QED) is 0.417. The van der Waals surface area contributed by atoms with Crippen LogP contribution in [0.3, 0.4) is 0 Å². The molecule has 1 aliphatic rings. The minimum Gasteiger partial charge on any atom is -0.399 e. The van der Waals surface area contributed by atoms with E-state index in [4.69, 9.17) is 37.3 Å². The van der Waals surface area contributed by atoms with Gasteiger partial charge in [0.2, 0.25) is 0 Å². The molecule has 0 atom stereocenters. The maximum absolute atomic E-state index is 6.16. The van der Waals surface area contributed by atoms with Gasteiger partial charge in [0.1, 0.15) is 0 Å². The number of hydrogen-bond donors (Lipinski definition) is 2. The van der Waals surface area contributed by atoms with Crippen molar-refractivity contribution in [3.63, 3.8) is 0 Å². The molecule has 25 heavy (non-hydrogen) atoms. The number of benzene rings is 1. The largest absolute Gasteiger partial charge is 0.496 e. The predicted molar refractivity (Wildman–Crippen MR) is 115 cm³/mol. The van der Waals surface area contributed by atoms with Crippen LogP contribution in [0.1, 0.15) is 55.4 Å². The fraction of sp³-hybridized carbons (Fsp3) is 0.647. The second-order valence-electron chi connectivity index (χ2n) is 6.72. The van der Waals surface area contributed by atoms with Crippen LogP contribution in [0.5, 0.6) is 0 Å². The van der Waals surface area contributed by atoms with Crippen molar-refractivity contribution in [1.29, 1.82) is 0 Å². The number of anilines is 1. The van der Waals surface area contributed by atoms with Crippen LogP contribution >= 0.6 is 33.4 Å². The summed E-state index contributed by atoms with van der Waals surface area (Å²) in [5.74, 6) is 0. The zero-order valence-corrected chi connectivity index (χ0v) is 18.8. The Labute approximate surface area is 167 Å². The van der Waals surface area contributed by atoms with E-state index in [0.29, 0.717) is 16.8 Å². The minimum atomic E-state index is -0.437. The summed E-state index contributed by atoms with van der Waals surface area (Å²) in [5, 5.41) is 0.573. The summed E-state index contributed by atoms with van der Waals surface area (Å²) in [7, 11) is 4.77. The van der Waals surface area contributed by atoms with E-state index in [9.17, 15) is 0 Å². The molecule has 1 aliphatic heterocycles. The van der Waals surface area contributed by atoms with Gasteiger partial charge in [-0.3, -0.25) is 0 Å². The fourth-order valence-corrected chi connectivity index (χ4v) is 2.78. The van der Waals surface area contributed by atoms with E-state index >= 15 is 0 Å². The molecule has 4 nitrogen and oxygen atoms in total. The van der Waals surface area contributed by atoms with E-state index in [1.54, 1.807) is 12.1 Å². The Hall–Kier alpha value is -0.105. The van der Waals surface area contributed by atoms with Gasteiger partial charge in [-0.1, -0.05) is 31.5 Å². The molecule has 0 amide bonds. The van der Waals surface area contributed by atoms with Gasteiger partial charge in [0.05, 0.1) is 11.2 Å². The Bertz CT molecular complexity index is 515. The highest BCUT2D eigenvalue weighted by Crippen LogP contribution is 2.37. The van der Waals surface area contributed by atoms with Crippen molar-refractivity contribution >= 4 is 51.7 Å². The van der Waals surface area contributed by atoms with Gasteiger partial charge in [0.15, 0.2) is 0 Å². The third-order valence-electron chi connectivity index (χ3n) is 3.81. The van der Waals surface area contributed by atoms with E-state index in [1.807, 2.05) is 61.5 Å². The van der Waals surface area contributed by atoms with E-state index in [0.717, 1.165) is 16.6 Å². The van der Waals surface area contributed by atoms with Gasteiger partial charge in [-0.2, -0.15) is 0 Å². The van der Waals surface area contributed by atoms with Gasteiger partial charge in [0, 0.05) is 33.4 Å². The third-order valence-corrected chi connectivity index (χ3v) is 4.97. The number of halogens is 2. The Morgan fingerprint density at radius 2 is 1.60 bits per heavy atom. The van der Waals surface area contributed by atoms with Crippen molar-refractivity contribution in [2.24, 2.45) is 0 Å². The molecule has 0 unspecified atom stereocenters. The normalized spacial score (nSPS) is 17.5. The second kappa shape index (κ2) is 10.9. The first-order valence-electron chi connectivity index (χ1n) is 8.44. The van der Waals surface area contributed by atoms with E-state index in [2.05, 4.69) is 4.72 Å². The number of hydrogen-bond acceptors (Lipinski definition) is 5. The molecule has 1 aromatic rings. The Morgan fingerprint density at radius 3 is 1.92 bits per heavy atom. The SMILES string of the molecule is CC.CC(C)NSCl.CC1(C)OB(c2ccc(N)cc2Cl)OC1(C)C. The summed E-state index contributed by atoms with van der Waals surface area (Å²) in [6.07, 6.45) is 0. The number of nitrogens with two attached hydrogens (primary N) is 1. The number of nitrogens with one attached hydrogen (secondary N) is 1. The first-order chi connectivity index (χ1) is 11.5. The van der Waals surface area contributed by atoms with Crippen molar-refractivity contribution in [2.75, 3.05) is 5.73 Å². The first kappa shape index (κ1) is 24.9. The third kappa shape index (κ3) is 7.57. The fourth-order valence-electron chi connectivity index (χ4n) is 1.79. The summed E-state index contributed by atoms with van der Waals surface area (Å²) in [6.45, 7) is 16.1. The monoisotopic (exact) mass is 408 g/mol. The average molecular weight is 409 g/mol.